The molecule has 1 heterocycles. The molecule has 0 saturated heterocycles. The molecule has 1 aliphatic heterocycles. The second kappa shape index (κ2) is 8.75. The molecular weight excluding hydrogens is 386 g/mol. The summed E-state index contributed by atoms with van der Waals surface area (Å²) in [6.07, 6.45) is 2.07. The Bertz CT molecular complexity index is 997. The van der Waals surface area contributed by atoms with Crippen LogP contribution in [0.1, 0.15) is 49.8 Å². The summed E-state index contributed by atoms with van der Waals surface area (Å²) in [5.41, 5.74) is 3.55. The molecule has 29 heavy (non-hydrogen) atoms. The number of benzene rings is 2. The van der Waals surface area contributed by atoms with Crippen LogP contribution >= 0.6 is 0 Å². The lowest BCUT2D eigenvalue weighted by Crippen LogP contribution is -2.27. The first-order valence-corrected chi connectivity index (χ1v) is 11.5. The minimum atomic E-state index is -3.32. The molecule has 1 N–H and O–H groups in total. The van der Waals surface area contributed by atoms with Gasteiger partial charge in [0.15, 0.2) is 0 Å². The van der Waals surface area contributed by atoms with Crippen molar-refractivity contribution in [3.8, 4) is 11.8 Å². The molecule has 6 nitrogen and oxygen atoms in total. The van der Waals surface area contributed by atoms with Crippen LogP contribution in [0, 0.1) is 11.3 Å². The number of ether oxygens (including phenoxy) is 1. The SMILES string of the molecule is CCCCN1c2cc(OC)ccc2C(C#N)C1c1ccc(NS(=O)(=O)CC)cc1. The fraction of sp³-hybridized carbons (Fsp3) is 0.409. The maximum Gasteiger partial charge on any atom is 0.232 e. The molecule has 0 saturated carbocycles. The minimum absolute atomic E-state index is 0.0236. The molecule has 0 amide bonds. The van der Waals surface area contributed by atoms with Crippen molar-refractivity contribution in [3.63, 3.8) is 0 Å². The molecule has 2 aromatic rings. The van der Waals surface area contributed by atoms with Crippen molar-refractivity contribution in [2.75, 3.05) is 29.0 Å². The van der Waals surface area contributed by atoms with Gasteiger partial charge in [0, 0.05) is 24.0 Å². The lowest BCUT2D eigenvalue weighted by Gasteiger charge is -2.29. The van der Waals surface area contributed by atoms with Gasteiger partial charge in [-0.2, -0.15) is 5.26 Å². The van der Waals surface area contributed by atoms with E-state index in [2.05, 4.69) is 22.6 Å². The maximum absolute atomic E-state index is 11.8. The largest absolute Gasteiger partial charge is 0.497 e. The number of nitrogens with one attached hydrogen (secondary N) is 1. The lowest BCUT2D eigenvalue weighted by molar-refractivity contribution is 0.415. The number of sulfonamides is 1. The Morgan fingerprint density at radius 3 is 2.48 bits per heavy atom. The van der Waals surface area contributed by atoms with Crippen LogP contribution in [0.3, 0.4) is 0 Å². The monoisotopic (exact) mass is 413 g/mol. The van der Waals surface area contributed by atoms with E-state index in [4.69, 9.17) is 4.74 Å². The van der Waals surface area contributed by atoms with Crippen molar-refractivity contribution in [3.05, 3.63) is 53.6 Å². The number of anilines is 2. The molecular formula is C22H27N3O3S. The first-order chi connectivity index (χ1) is 13.9. The minimum Gasteiger partial charge on any atom is -0.497 e. The summed E-state index contributed by atoms with van der Waals surface area (Å²) >= 11 is 0. The summed E-state index contributed by atoms with van der Waals surface area (Å²) in [7, 11) is -1.68. The van der Waals surface area contributed by atoms with Crippen LogP contribution in [0.25, 0.3) is 0 Å². The van der Waals surface area contributed by atoms with Crippen LogP contribution < -0.4 is 14.4 Å². The highest BCUT2D eigenvalue weighted by atomic mass is 32.2. The summed E-state index contributed by atoms with van der Waals surface area (Å²) < 4.78 is 31.6. The number of nitrogens with zero attached hydrogens (tertiary/aromatic N) is 2. The number of nitriles is 1. The molecule has 2 unspecified atom stereocenters. The average Bonchev–Trinajstić information content (AvgIpc) is 3.05. The predicted octanol–water partition coefficient (Wildman–Crippen LogP) is 4.43. The van der Waals surface area contributed by atoms with E-state index in [9.17, 15) is 13.7 Å². The zero-order valence-corrected chi connectivity index (χ0v) is 17.9. The third-order valence-electron chi connectivity index (χ3n) is 5.33. The van der Waals surface area contributed by atoms with Gasteiger partial charge in [0.05, 0.1) is 30.9 Å². The fourth-order valence-electron chi connectivity index (χ4n) is 3.76. The molecule has 0 spiro atoms. The lowest BCUT2D eigenvalue weighted by atomic mass is 9.91. The Labute approximate surface area is 173 Å². The van der Waals surface area contributed by atoms with E-state index in [1.165, 1.54) is 0 Å². The molecule has 0 fully saturated rings. The summed E-state index contributed by atoms with van der Waals surface area (Å²) in [5, 5.41) is 9.95. The highest BCUT2D eigenvalue weighted by Crippen LogP contribution is 2.50. The van der Waals surface area contributed by atoms with Crippen molar-refractivity contribution >= 4 is 21.4 Å². The molecule has 0 aromatic heterocycles. The van der Waals surface area contributed by atoms with Gasteiger partial charge in [0.25, 0.3) is 0 Å². The first kappa shape index (κ1) is 21.0. The van der Waals surface area contributed by atoms with Crippen molar-refractivity contribution in [2.45, 2.75) is 38.6 Å². The Morgan fingerprint density at radius 1 is 1.17 bits per heavy atom. The summed E-state index contributed by atoms with van der Waals surface area (Å²) in [6, 6.07) is 15.6. The number of unbranched alkanes of at least 4 members (excludes halogenated alkanes) is 1. The van der Waals surface area contributed by atoms with Crippen molar-refractivity contribution in [2.24, 2.45) is 0 Å². The highest BCUT2D eigenvalue weighted by molar-refractivity contribution is 7.92. The molecule has 3 rings (SSSR count). The summed E-state index contributed by atoms with van der Waals surface area (Å²) in [5.74, 6) is 0.494. The van der Waals surface area contributed by atoms with Gasteiger partial charge in [-0.15, -0.1) is 0 Å². The van der Waals surface area contributed by atoms with Gasteiger partial charge in [-0.3, -0.25) is 4.72 Å². The van der Waals surface area contributed by atoms with Gasteiger partial charge in [-0.05, 0) is 42.7 Å². The third kappa shape index (κ3) is 4.33. The smallest absolute Gasteiger partial charge is 0.232 e. The Kier molecular flexibility index (Phi) is 6.33. The molecule has 0 aliphatic carbocycles. The van der Waals surface area contributed by atoms with Crippen LogP contribution in [0.4, 0.5) is 11.4 Å². The third-order valence-corrected chi connectivity index (χ3v) is 6.64. The van der Waals surface area contributed by atoms with Gasteiger partial charge < -0.3 is 9.64 Å². The van der Waals surface area contributed by atoms with E-state index in [0.717, 1.165) is 42.0 Å². The molecule has 1 aliphatic rings. The number of fused-ring (bicyclic) bond motifs is 1. The van der Waals surface area contributed by atoms with E-state index < -0.39 is 10.0 Å². The molecule has 154 valence electrons. The molecule has 0 radical (unpaired) electrons. The second-order valence-electron chi connectivity index (χ2n) is 7.15. The zero-order chi connectivity index (χ0) is 21.0. The van der Waals surface area contributed by atoms with E-state index in [-0.39, 0.29) is 17.7 Å². The van der Waals surface area contributed by atoms with E-state index in [0.29, 0.717) is 5.69 Å². The summed E-state index contributed by atoms with van der Waals surface area (Å²) in [4.78, 5) is 2.28. The predicted molar refractivity (Wildman–Crippen MR) is 116 cm³/mol. The van der Waals surface area contributed by atoms with Gasteiger partial charge >= 0.3 is 0 Å². The molecule has 2 atom stereocenters. The number of rotatable bonds is 8. The zero-order valence-electron chi connectivity index (χ0n) is 17.1. The normalized spacial score (nSPS) is 18.2. The van der Waals surface area contributed by atoms with Crippen molar-refractivity contribution in [1.29, 1.82) is 5.26 Å². The van der Waals surface area contributed by atoms with Crippen molar-refractivity contribution < 1.29 is 13.2 Å². The van der Waals surface area contributed by atoms with Crippen molar-refractivity contribution in [1.82, 2.24) is 0 Å². The van der Waals surface area contributed by atoms with E-state index in [1.807, 2.05) is 30.3 Å². The van der Waals surface area contributed by atoms with Gasteiger partial charge in [0.1, 0.15) is 5.75 Å². The number of hydrogen-bond acceptors (Lipinski definition) is 5. The molecule has 2 aromatic carbocycles. The van der Waals surface area contributed by atoms with Crippen LogP contribution in [0.5, 0.6) is 5.75 Å². The maximum atomic E-state index is 11.8. The average molecular weight is 414 g/mol. The number of methoxy groups -OCH3 is 1. The van der Waals surface area contributed by atoms with Crippen LogP contribution in [0.15, 0.2) is 42.5 Å². The molecule has 0 bridgehead atoms. The van der Waals surface area contributed by atoms with Crippen LogP contribution in [-0.2, 0) is 10.0 Å². The van der Waals surface area contributed by atoms with Crippen LogP contribution in [0.2, 0.25) is 0 Å². The molecule has 7 heteroatoms. The van der Waals surface area contributed by atoms with Gasteiger partial charge in [-0.1, -0.05) is 31.5 Å². The standard InChI is InChI=1S/C22H27N3O3S/c1-4-6-13-25-21-14-18(28-3)11-12-19(21)20(15-23)22(25)16-7-9-17(10-8-16)24-29(26,27)5-2/h7-12,14,20,22,24H,4-6,13H2,1-3H3. The van der Waals surface area contributed by atoms with Crippen LogP contribution in [-0.4, -0.2) is 27.8 Å². The van der Waals surface area contributed by atoms with Gasteiger partial charge in [0.2, 0.25) is 10.0 Å². The Hall–Kier alpha value is -2.72. The quantitative estimate of drug-likeness (QED) is 0.692. The topological polar surface area (TPSA) is 82.4 Å². The highest BCUT2D eigenvalue weighted by Gasteiger charge is 2.39. The number of hydrogen-bond donors (Lipinski definition) is 1. The summed E-state index contributed by atoms with van der Waals surface area (Å²) in [6.45, 7) is 4.58. The Balaban J connectivity index is 1.98. The first-order valence-electron chi connectivity index (χ1n) is 9.88. The Morgan fingerprint density at radius 2 is 1.90 bits per heavy atom. The van der Waals surface area contributed by atoms with E-state index >= 15 is 0 Å². The van der Waals surface area contributed by atoms with E-state index in [1.54, 1.807) is 26.2 Å². The second-order valence-corrected chi connectivity index (χ2v) is 9.16. The fourth-order valence-corrected chi connectivity index (χ4v) is 4.40. The van der Waals surface area contributed by atoms with Gasteiger partial charge in [-0.25, -0.2) is 8.42 Å².